The predicted molar refractivity (Wildman–Crippen MR) is 76.6 cm³/mol. The van der Waals surface area contributed by atoms with Crippen molar-refractivity contribution >= 4 is 39.1 Å². The van der Waals surface area contributed by atoms with Crippen molar-refractivity contribution in [1.29, 1.82) is 0 Å². The third kappa shape index (κ3) is 2.83. The van der Waals surface area contributed by atoms with E-state index in [1.807, 2.05) is 24.3 Å². The van der Waals surface area contributed by atoms with Gasteiger partial charge in [0.25, 0.3) is 0 Å². The van der Waals surface area contributed by atoms with E-state index in [4.69, 9.17) is 28.9 Å². The Bertz CT molecular complexity index is 543. The number of benzene rings is 2. The van der Waals surface area contributed by atoms with Gasteiger partial charge < -0.3 is 5.73 Å². The van der Waals surface area contributed by atoms with Crippen LogP contribution in [0.15, 0.2) is 46.9 Å². The minimum absolute atomic E-state index is 0.295. The molecule has 0 saturated carbocycles. The van der Waals surface area contributed by atoms with Crippen LogP contribution in [0.3, 0.4) is 0 Å². The second kappa shape index (κ2) is 5.40. The Hall–Kier alpha value is -0.540. The quantitative estimate of drug-likeness (QED) is 0.840. The molecule has 0 bridgehead atoms. The minimum atomic E-state index is -0.295. The first-order valence-corrected chi connectivity index (χ1v) is 6.59. The lowest BCUT2D eigenvalue weighted by Crippen LogP contribution is -2.13. The number of rotatable bonds is 2. The normalized spacial score (nSPS) is 12.5. The molecule has 1 nitrogen and oxygen atoms in total. The Balaban J connectivity index is 2.47. The average molecular weight is 331 g/mol. The highest BCUT2D eigenvalue weighted by Crippen LogP contribution is 2.32. The number of hydrogen-bond donors (Lipinski definition) is 1. The molecule has 2 N–H and O–H groups in total. The van der Waals surface area contributed by atoms with Crippen molar-refractivity contribution < 1.29 is 0 Å². The maximum atomic E-state index is 6.21. The summed E-state index contributed by atoms with van der Waals surface area (Å²) >= 11 is 15.6. The molecule has 2 aromatic carbocycles. The summed E-state index contributed by atoms with van der Waals surface area (Å²) in [5.74, 6) is 0. The Morgan fingerprint density at radius 1 is 1.00 bits per heavy atom. The van der Waals surface area contributed by atoms with Crippen molar-refractivity contribution in [2.75, 3.05) is 0 Å². The molecule has 0 aliphatic carbocycles. The van der Waals surface area contributed by atoms with Crippen molar-refractivity contribution in [1.82, 2.24) is 0 Å². The summed E-state index contributed by atoms with van der Waals surface area (Å²) in [7, 11) is 0. The highest BCUT2D eigenvalue weighted by atomic mass is 79.9. The predicted octanol–water partition coefficient (Wildman–Crippen LogP) is 4.80. The lowest BCUT2D eigenvalue weighted by atomic mass is 10.00. The van der Waals surface area contributed by atoms with Crippen LogP contribution in [-0.2, 0) is 0 Å². The fourth-order valence-corrected chi connectivity index (χ4v) is 2.59. The summed E-state index contributed by atoms with van der Waals surface area (Å²) in [4.78, 5) is 0. The van der Waals surface area contributed by atoms with Gasteiger partial charge in [-0.2, -0.15) is 0 Å². The molecule has 0 saturated heterocycles. The molecule has 0 spiro atoms. The molecule has 2 aromatic rings. The Labute approximate surface area is 119 Å². The monoisotopic (exact) mass is 329 g/mol. The number of hydrogen-bond acceptors (Lipinski definition) is 1. The van der Waals surface area contributed by atoms with Gasteiger partial charge in [-0.25, -0.2) is 0 Å². The van der Waals surface area contributed by atoms with Crippen LogP contribution >= 0.6 is 39.1 Å². The maximum Gasteiger partial charge on any atom is 0.0578 e. The number of halogens is 3. The molecule has 17 heavy (non-hydrogen) atoms. The Kier molecular flexibility index (Phi) is 4.10. The zero-order valence-electron chi connectivity index (χ0n) is 8.83. The molecule has 1 unspecified atom stereocenters. The van der Waals surface area contributed by atoms with Crippen LogP contribution in [0.25, 0.3) is 0 Å². The van der Waals surface area contributed by atoms with Crippen LogP contribution in [0.2, 0.25) is 10.0 Å². The average Bonchev–Trinajstić information content (AvgIpc) is 2.32. The topological polar surface area (TPSA) is 26.0 Å². The molecule has 2 rings (SSSR count). The van der Waals surface area contributed by atoms with E-state index in [-0.39, 0.29) is 6.04 Å². The molecule has 1 atom stereocenters. The van der Waals surface area contributed by atoms with E-state index in [0.717, 1.165) is 15.6 Å². The van der Waals surface area contributed by atoms with Crippen LogP contribution in [-0.4, -0.2) is 0 Å². The second-order valence-electron chi connectivity index (χ2n) is 3.67. The van der Waals surface area contributed by atoms with Gasteiger partial charge in [-0.15, -0.1) is 0 Å². The molecule has 0 amide bonds. The van der Waals surface area contributed by atoms with Crippen molar-refractivity contribution in [2.24, 2.45) is 5.73 Å². The summed E-state index contributed by atoms with van der Waals surface area (Å²) in [5.41, 5.74) is 8.02. The molecular weight excluding hydrogens is 321 g/mol. The zero-order valence-corrected chi connectivity index (χ0v) is 11.9. The van der Waals surface area contributed by atoms with Crippen LogP contribution < -0.4 is 5.73 Å². The van der Waals surface area contributed by atoms with Crippen LogP contribution in [0.1, 0.15) is 17.2 Å². The van der Waals surface area contributed by atoms with Gasteiger partial charge in [-0.3, -0.25) is 0 Å². The van der Waals surface area contributed by atoms with Crippen molar-refractivity contribution in [3.8, 4) is 0 Å². The molecule has 0 aliphatic heterocycles. The van der Waals surface area contributed by atoms with Crippen molar-refractivity contribution in [2.45, 2.75) is 6.04 Å². The Morgan fingerprint density at radius 3 is 2.41 bits per heavy atom. The van der Waals surface area contributed by atoms with Crippen molar-refractivity contribution in [3.63, 3.8) is 0 Å². The van der Waals surface area contributed by atoms with E-state index in [1.165, 1.54) is 0 Å². The van der Waals surface area contributed by atoms with Gasteiger partial charge in [-0.05, 0) is 35.4 Å². The van der Waals surface area contributed by atoms with Crippen LogP contribution in [0, 0.1) is 0 Å². The molecule has 0 aromatic heterocycles. The molecule has 88 valence electrons. The van der Waals surface area contributed by atoms with Gasteiger partial charge in [0.15, 0.2) is 0 Å². The molecule has 0 fully saturated rings. The second-order valence-corrected chi connectivity index (χ2v) is 5.36. The third-order valence-electron chi connectivity index (χ3n) is 2.53. The van der Waals surface area contributed by atoms with Gasteiger partial charge in [0, 0.05) is 14.5 Å². The van der Waals surface area contributed by atoms with E-state index in [9.17, 15) is 0 Å². The highest BCUT2D eigenvalue weighted by Gasteiger charge is 2.15. The van der Waals surface area contributed by atoms with E-state index in [0.29, 0.717) is 10.0 Å². The lowest BCUT2D eigenvalue weighted by Gasteiger charge is -2.16. The van der Waals surface area contributed by atoms with E-state index in [2.05, 4.69) is 15.9 Å². The van der Waals surface area contributed by atoms with E-state index in [1.54, 1.807) is 18.2 Å². The maximum absolute atomic E-state index is 6.21. The van der Waals surface area contributed by atoms with Gasteiger partial charge in [0.2, 0.25) is 0 Å². The minimum Gasteiger partial charge on any atom is -0.320 e. The summed E-state index contributed by atoms with van der Waals surface area (Å²) < 4.78 is 0.962. The van der Waals surface area contributed by atoms with E-state index >= 15 is 0 Å². The van der Waals surface area contributed by atoms with E-state index < -0.39 is 0 Å². The van der Waals surface area contributed by atoms with Gasteiger partial charge in [0.1, 0.15) is 0 Å². The fraction of sp³-hybridized carbons (Fsp3) is 0.0769. The number of nitrogens with two attached hydrogens (primary N) is 1. The fourth-order valence-electron chi connectivity index (χ4n) is 1.65. The van der Waals surface area contributed by atoms with Gasteiger partial charge >= 0.3 is 0 Å². The van der Waals surface area contributed by atoms with Gasteiger partial charge in [-0.1, -0.05) is 57.3 Å². The lowest BCUT2D eigenvalue weighted by molar-refractivity contribution is 0.866. The molecule has 0 radical (unpaired) electrons. The molecule has 0 aliphatic rings. The SMILES string of the molecule is NC(c1cc(Cl)ccc1Cl)c1ccccc1Br. The summed E-state index contributed by atoms with van der Waals surface area (Å²) in [6.45, 7) is 0. The van der Waals surface area contributed by atoms with Crippen molar-refractivity contribution in [3.05, 3.63) is 68.1 Å². The molecule has 4 heteroatoms. The third-order valence-corrected chi connectivity index (χ3v) is 3.83. The standard InChI is InChI=1S/C13H10BrCl2N/c14-11-4-2-1-3-9(11)13(17)10-7-8(15)5-6-12(10)16/h1-7,13H,17H2. The first-order valence-electron chi connectivity index (χ1n) is 5.04. The highest BCUT2D eigenvalue weighted by molar-refractivity contribution is 9.10. The van der Waals surface area contributed by atoms with Crippen LogP contribution in [0.4, 0.5) is 0 Å². The van der Waals surface area contributed by atoms with Gasteiger partial charge in [0.05, 0.1) is 6.04 Å². The van der Waals surface area contributed by atoms with Crippen LogP contribution in [0.5, 0.6) is 0 Å². The summed E-state index contributed by atoms with van der Waals surface area (Å²) in [5, 5.41) is 1.25. The zero-order chi connectivity index (χ0) is 12.4. The largest absolute Gasteiger partial charge is 0.320 e. The molecule has 0 heterocycles. The smallest absolute Gasteiger partial charge is 0.0578 e. The summed E-state index contributed by atoms with van der Waals surface area (Å²) in [6.07, 6.45) is 0. The first kappa shape index (κ1) is 12.9. The Morgan fingerprint density at radius 2 is 1.71 bits per heavy atom. The summed E-state index contributed by atoms with van der Waals surface area (Å²) in [6, 6.07) is 12.8. The first-order chi connectivity index (χ1) is 8.09. The molecular formula is C13H10BrCl2N.